The zero-order chi connectivity index (χ0) is 17.6. The molecule has 0 spiro atoms. The molecule has 2 aromatic heterocycles. The van der Waals surface area contributed by atoms with E-state index in [1.165, 1.54) is 6.07 Å². The molecule has 1 amide bonds. The van der Waals surface area contributed by atoms with Gasteiger partial charge in [-0.1, -0.05) is 19.1 Å². The summed E-state index contributed by atoms with van der Waals surface area (Å²) < 4.78 is 16.1. The van der Waals surface area contributed by atoms with Gasteiger partial charge < -0.3 is 4.90 Å². The van der Waals surface area contributed by atoms with Gasteiger partial charge in [0, 0.05) is 30.1 Å². The maximum Gasteiger partial charge on any atom is 0.256 e. The fraction of sp³-hybridized carbons (Fsp3) is 0.368. The van der Waals surface area contributed by atoms with E-state index in [0.29, 0.717) is 13.1 Å². The van der Waals surface area contributed by atoms with Crippen molar-refractivity contribution < 1.29 is 9.18 Å². The molecule has 4 nitrogen and oxygen atoms in total. The molecule has 25 heavy (non-hydrogen) atoms. The molecule has 0 unspecified atom stereocenters. The number of halogens is 1. The molecule has 4 rings (SSSR count). The summed E-state index contributed by atoms with van der Waals surface area (Å²) >= 11 is 1.67. The zero-order valence-electron chi connectivity index (χ0n) is 14.3. The van der Waals surface area contributed by atoms with E-state index in [1.807, 2.05) is 13.1 Å². The summed E-state index contributed by atoms with van der Waals surface area (Å²) in [5.74, 6) is 0.269. The summed E-state index contributed by atoms with van der Waals surface area (Å²) in [6.45, 7) is 5.38. The lowest BCUT2D eigenvalue weighted by Gasteiger charge is -2.39. The summed E-state index contributed by atoms with van der Waals surface area (Å²) in [7, 11) is 0. The number of carbonyl (C=O) groups is 1. The Kier molecular flexibility index (Phi) is 3.87. The first-order valence-corrected chi connectivity index (χ1v) is 9.34. The molecular weight excluding hydrogens is 337 g/mol. The monoisotopic (exact) mass is 357 g/mol. The van der Waals surface area contributed by atoms with Crippen LogP contribution in [0.5, 0.6) is 0 Å². The maximum absolute atomic E-state index is 14.0. The van der Waals surface area contributed by atoms with Crippen LogP contribution in [0.15, 0.2) is 35.8 Å². The van der Waals surface area contributed by atoms with Crippen molar-refractivity contribution in [1.82, 2.24) is 14.3 Å². The molecule has 1 aliphatic rings. The van der Waals surface area contributed by atoms with Gasteiger partial charge in [-0.25, -0.2) is 9.37 Å². The molecular formula is C19H20FN3OS. The van der Waals surface area contributed by atoms with Gasteiger partial charge in [-0.15, -0.1) is 11.3 Å². The van der Waals surface area contributed by atoms with Gasteiger partial charge in [-0.05, 0) is 31.9 Å². The number of aryl methyl sites for hydroxylation is 1. The number of hydrogen-bond donors (Lipinski definition) is 0. The van der Waals surface area contributed by atoms with Crippen molar-refractivity contribution >= 4 is 22.1 Å². The molecule has 1 saturated heterocycles. The summed E-state index contributed by atoms with van der Waals surface area (Å²) in [5, 5.41) is 2.06. The van der Waals surface area contributed by atoms with Crippen molar-refractivity contribution in [3.63, 3.8) is 0 Å². The molecule has 1 aromatic carbocycles. The van der Waals surface area contributed by atoms with Crippen LogP contribution in [0.25, 0.3) is 4.83 Å². The van der Waals surface area contributed by atoms with Gasteiger partial charge in [0.1, 0.15) is 16.5 Å². The van der Waals surface area contributed by atoms with Gasteiger partial charge in [-0.2, -0.15) is 0 Å². The van der Waals surface area contributed by atoms with Crippen molar-refractivity contribution in [2.75, 3.05) is 13.1 Å². The van der Waals surface area contributed by atoms with Gasteiger partial charge in [-0.3, -0.25) is 9.20 Å². The fourth-order valence-corrected chi connectivity index (χ4v) is 4.79. The molecule has 0 N–H and O–H groups in total. The Balaban J connectivity index is 1.67. The first-order chi connectivity index (χ1) is 12.0. The first kappa shape index (κ1) is 16.3. The third kappa shape index (κ3) is 2.65. The number of nitrogens with zero attached hydrogens (tertiary/aromatic N) is 3. The van der Waals surface area contributed by atoms with Crippen LogP contribution in [0.3, 0.4) is 0 Å². The fourth-order valence-electron chi connectivity index (χ4n) is 3.77. The van der Waals surface area contributed by atoms with Crippen LogP contribution >= 0.6 is 11.3 Å². The van der Waals surface area contributed by atoms with Crippen molar-refractivity contribution in [3.8, 4) is 0 Å². The number of hydrogen-bond acceptors (Lipinski definition) is 3. The zero-order valence-corrected chi connectivity index (χ0v) is 15.1. The number of carbonyl (C=O) groups excluding carboxylic acids is 1. The van der Waals surface area contributed by atoms with E-state index in [4.69, 9.17) is 4.98 Å². The molecule has 1 aliphatic heterocycles. The largest absolute Gasteiger partial charge is 0.338 e. The van der Waals surface area contributed by atoms with E-state index in [-0.39, 0.29) is 16.9 Å². The van der Waals surface area contributed by atoms with Crippen molar-refractivity contribution in [1.29, 1.82) is 0 Å². The topological polar surface area (TPSA) is 37.6 Å². The van der Waals surface area contributed by atoms with Crippen LogP contribution in [0.1, 0.15) is 41.6 Å². The molecule has 130 valence electrons. The van der Waals surface area contributed by atoms with E-state index in [9.17, 15) is 9.18 Å². The third-order valence-corrected chi connectivity index (χ3v) is 5.96. The van der Waals surface area contributed by atoms with Crippen LogP contribution in [-0.2, 0) is 5.41 Å². The molecule has 3 heterocycles. The number of piperidine rings is 1. The predicted molar refractivity (Wildman–Crippen MR) is 96.7 cm³/mol. The lowest BCUT2D eigenvalue weighted by Crippen LogP contribution is -2.47. The van der Waals surface area contributed by atoms with Crippen LogP contribution in [0.2, 0.25) is 0 Å². The van der Waals surface area contributed by atoms with Crippen LogP contribution in [0.4, 0.5) is 4.39 Å². The van der Waals surface area contributed by atoms with E-state index < -0.39 is 5.82 Å². The minimum atomic E-state index is -0.460. The number of likely N-dealkylation sites (tertiary alicyclic amines) is 1. The van der Waals surface area contributed by atoms with Gasteiger partial charge in [0.2, 0.25) is 0 Å². The Morgan fingerprint density at radius 1 is 1.36 bits per heavy atom. The Bertz CT molecular complexity index is 947. The van der Waals surface area contributed by atoms with Crippen molar-refractivity contribution in [2.24, 2.45) is 0 Å². The number of thiazole rings is 1. The number of imidazole rings is 1. The second kappa shape index (κ2) is 5.95. The lowest BCUT2D eigenvalue weighted by molar-refractivity contribution is 0.0644. The normalized spacial score (nSPS) is 21.0. The van der Waals surface area contributed by atoms with E-state index in [2.05, 4.69) is 16.7 Å². The van der Waals surface area contributed by atoms with Gasteiger partial charge in [0.15, 0.2) is 0 Å². The summed E-state index contributed by atoms with van der Waals surface area (Å²) in [5.41, 5.74) is 0.976. The standard InChI is InChI=1S/C19H20FN3OS/c1-13-21-16(18-23(13)10-11-25-18)19(2)8-5-9-22(12-19)17(24)14-6-3-4-7-15(14)20/h3-4,6-7,10-11H,5,8-9,12H2,1-2H3/t19-/m0/s1. The predicted octanol–water partition coefficient (Wildman–Crippen LogP) is 4.04. The molecule has 1 atom stereocenters. The third-order valence-electron chi connectivity index (χ3n) is 5.09. The Morgan fingerprint density at radius 2 is 2.16 bits per heavy atom. The Labute approximate surface area is 149 Å². The van der Waals surface area contributed by atoms with Crippen molar-refractivity contribution in [2.45, 2.75) is 32.1 Å². The highest BCUT2D eigenvalue weighted by Crippen LogP contribution is 2.37. The summed E-state index contributed by atoms with van der Waals surface area (Å²) in [6.07, 6.45) is 3.89. The highest BCUT2D eigenvalue weighted by Gasteiger charge is 2.38. The first-order valence-electron chi connectivity index (χ1n) is 8.46. The SMILES string of the molecule is Cc1nc([C@@]2(C)CCCN(C(=O)c3ccccc3F)C2)c2sccn12. The highest BCUT2D eigenvalue weighted by atomic mass is 32.1. The molecule has 3 aromatic rings. The highest BCUT2D eigenvalue weighted by molar-refractivity contribution is 7.15. The van der Waals surface area contributed by atoms with Crippen molar-refractivity contribution in [3.05, 3.63) is 58.7 Å². The Morgan fingerprint density at radius 3 is 2.96 bits per heavy atom. The average molecular weight is 357 g/mol. The second-order valence-electron chi connectivity index (χ2n) is 6.96. The molecule has 0 aliphatic carbocycles. The van der Waals surface area contributed by atoms with Gasteiger partial charge in [0.05, 0.1) is 11.3 Å². The molecule has 6 heteroatoms. The van der Waals surface area contributed by atoms with Crippen LogP contribution in [-0.4, -0.2) is 33.3 Å². The van der Waals surface area contributed by atoms with E-state index in [1.54, 1.807) is 34.4 Å². The molecule has 0 radical (unpaired) electrons. The quantitative estimate of drug-likeness (QED) is 0.694. The Hall–Kier alpha value is -2.21. The lowest BCUT2D eigenvalue weighted by atomic mass is 9.79. The minimum Gasteiger partial charge on any atom is -0.338 e. The van der Waals surface area contributed by atoms with Crippen LogP contribution in [0, 0.1) is 12.7 Å². The molecule has 0 saturated carbocycles. The van der Waals surface area contributed by atoms with Gasteiger partial charge >= 0.3 is 0 Å². The smallest absolute Gasteiger partial charge is 0.256 e. The second-order valence-corrected chi connectivity index (χ2v) is 7.85. The maximum atomic E-state index is 14.0. The average Bonchev–Trinajstić information content (AvgIpc) is 3.19. The van der Waals surface area contributed by atoms with E-state index in [0.717, 1.165) is 29.2 Å². The van der Waals surface area contributed by atoms with E-state index >= 15 is 0 Å². The number of rotatable bonds is 2. The minimum absolute atomic E-state index is 0.147. The summed E-state index contributed by atoms with van der Waals surface area (Å²) in [6, 6.07) is 6.20. The molecule has 0 bridgehead atoms. The van der Waals surface area contributed by atoms with Gasteiger partial charge in [0.25, 0.3) is 5.91 Å². The van der Waals surface area contributed by atoms with Crippen LogP contribution < -0.4 is 0 Å². The summed E-state index contributed by atoms with van der Waals surface area (Å²) in [4.78, 5) is 20.5. The number of aromatic nitrogens is 2. The number of fused-ring (bicyclic) bond motifs is 1. The molecule has 1 fully saturated rings. The number of benzene rings is 1. The number of amides is 1.